The van der Waals surface area contributed by atoms with E-state index in [2.05, 4.69) is 10.6 Å². The largest absolute Gasteiger partial charge is 0.344 e. The Morgan fingerprint density at radius 3 is 2.00 bits per heavy atom. The molecular formula is C27H30ClN3O2. The molecule has 0 heterocycles. The summed E-state index contributed by atoms with van der Waals surface area (Å²) in [4.78, 5) is 27.1. The normalized spacial score (nSPS) is 11.8. The molecule has 0 aliphatic heterocycles. The fraction of sp³-hybridized carbons (Fsp3) is 0.259. The minimum Gasteiger partial charge on any atom is -0.344 e. The summed E-state index contributed by atoms with van der Waals surface area (Å²) in [6, 6.07) is 21.0. The van der Waals surface area contributed by atoms with E-state index in [0.717, 1.165) is 33.5 Å². The summed E-state index contributed by atoms with van der Waals surface area (Å²) >= 11 is 6.04. The van der Waals surface area contributed by atoms with Crippen molar-refractivity contribution >= 4 is 29.1 Å². The summed E-state index contributed by atoms with van der Waals surface area (Å²) in [6.07, 6.45) is 0. The summed E-state index contributed by atoms with van der Waals surface area (Å²) in [5.41, 5.74) is 5.94. The molecule has 0 saturated heterocycles. The van der Waals surface area contributed by atoms with Gasteiger partial charge in [0.2, 0.25) is 11.8 Å². The van der Waals surface area contributed by atoms with Crippen molar-refractivity contribution in [2.75, 3.05) is 25.5 Å². The van der Waals surface area contributed by atoms with Gasteiger partial charge in [-0.25, -0.2) is 0 Å². The van der Waals surface area contributed by atoms with E-state index in [4.69, 9.17) is 11.6 Å². The van der Waals surface area contributed by atoms with Gasteiger partial charge in [0.05, 0.1) is 19.1 Å². The molecule has 6 heteroatoms. The van der Waals surface area contributed by atoms with Crippen LogP contribution in [-0.4, -0.2) is 36.9 Å². The van der Waals surface area contributed by atoms with Gasteiger partial charge in [0.1, 0.15) is 0 Å². The molecular weight excluding hydrogens is 434 g/mol. The molecule has 3 aromatic carbocycles. The Hall–Kier alpha value is -3.15. The van der Waals surface area contributed by atoms with E-state index in [0.29, 0.717) is 5.02 Å². The third kappa shape index (κ3) is 6.91. The molecule has 0 aliphatic rings. The van der Waals surface area contributed by atoms with Gasteiger partial charge in [0.25, 0.3) is 0 Å². The van der Waals surface area contributed by atoms with E-state index in [9.17, 15) is 9.59 Å². The lowest BCUT2D eigenvalue weighted by atomic mass is 9.98. The number of hydrogen-bond donors (Lipinski definition) is 2. The summed E-state index contributed by atoms with van der Waals surface area (Å²) in [5.74, 6) is -0.325. The van der Waals surface area contributed by atoms with Crippen molar-refractivity contribution in [2.45, 2.75) is 26.8 Å². The van der Waals surface area contributed by atoms with E-state index < -0.39 is 0 Å². The number of amides is 2. The van der Waals surface area contributed by atoms with E-state index in [1.165, 1.54) is 0 Å². The summed E-state index contributed by atoms with van der Waals surface area (Å²) in [7, 11) is 1.76. The first-order valence-electron chi connectivity index (χ1n) is 10.9. The van der Waals surface area contributed by atoms with Crippen molar-refractivity contribution in [3.8, 4) is 0 Å². The highest BCUT2D eigenvalue weighted by atomic mass is 35.5. The number of hydrogen-bond acceptors (Lipinski definition) is 3. The molecule has 2 amide bonds. The van der Waals surface area contributed by atoms with E-state index in [-0.39, 0.29) is 30.9 Å². The molecule has 2 N–H and O–H groups in total. The molecule has 3 rings (SSSR count). The molecule has 3 aromatic rings. The minimum atomic E-state index is -0.309. The zero-order valence-corrected chi connectivity index (χ0v) is 20.2. The van der Waals surface area contributed by atoms with E-state index in [1.807, 2.05) is 87.5 Å². The monoisotopic (exact) mass is 463 g/mol. The van der Waals surface area contributed by atoms with Crippen LogP contribution < -0.4 is 10.6 Å². The molecule has 0 fully saturated rings. The van der Waals surface area contributed by atoms with Gasteiger partial charge in [-0.05, 0) is 62.2 Å². The maximum absolute atomic E-state index is 12.9. The maximum atomic E-state index is 12.9. The lowest BCUT2D eigenvalue weighted by Gasteiger charge is -2.22. The second-order valence-corrected chi connectivity index (χ2v) is 8.89. The van der Waals surface area contributed by atoms with Gasteiger partial charge in [-0.1, -0.05) is 71.8 Å². The van der Waals surface area contributed by atoms with Crippen LogP contribution in [0.15, 0.2) is 66.7 Å². The Balaban J connectivity index is 1.63. The number of rotatable bonds is 8. The van der Waals surface area contributed by atoms with Crippen LogP contribution in [0.25, 0.3) is 0 Å². The van der Waals surface area contributed by atoms with Gasteiger partial charge in [-0.2, -0.15) is 0 Å². The molecule has 0 spiro atoms. The standard InChI is InChI=1S/C27H30ClN3O2/c1-18-14-19(2)26(20(3)15-18)29-24(32)16-31(4)17-25(33)30-27(21-8-6-5-7-9-21)22-10-12-23(28)13-11-22/h5-15,27H,16-17H2,1-4H3,(H,29,32)(H,30,33)/t27-/m1/s1. The lowest BCUT2D eigenvalue weighted by molar-refractivity contribution is -0.123. The number of aryl methyl sites for hydroxylation is 3. The van der Waals surface area contributed by atoms with Crippen molar-refractivity contribution in [1.82, 2.24) is 10.2 Å². The van der Waals surface area contributed by atoms with Crippen LogP contribution in [0.3, 0.4) is 0 Å². The molecule has 0 radical (unpaired) electrons. The highest BCUT2D eigenvalue weighted by molar-refractivity contribution is 6.30. The van der Waals surface area contributed by atoms with Crippen LogP contribution in [-0.2, 0) is 9.59 Å². The fourth-order valence-corrected chi connectivity index (χ4v) is 4.09. The number of halogens is 1. The highest BCUT2D eigenvalue weighted by Crippen LogP contribution is 2.24. The Morgan fingerprint density at radius 2 is 1.39 bits per heavy atom. The third-order valence-electron chi connectivity index (χ3n) is 5.41. The lowest BCUT2D eigenvalue weighted by Crippen LogP contribution is -2.40. The maximum Gasteiger partial charge on any atom is 0.238 e. The van der Waals surface area contributed by atoms with Crippen LogP contribution >= 0.6 is 11.6 Å². The topological polar surface area (TPSA) is 61.4 Å². The van der Waals surface area contributed by atoms with Gasteiger partial charge in [-0.15, -0.1) is 0 Å². The van der Waals surface area contributed by atoms with Gasteiger partial charge < -0.3 is 10.6 Å². The van der Waals surface area contributed by atoms with Crippen LogP contribution in [0.5, 0.6) is 0 Å². The highest BCUT2D eigenvalue weighted by Gasteiger charge is 2.19. The molecule has 0 unspecified atom stereocenters. The number of anilines is 1. The van der Waals surface area contributed by atoms with E-state index >= 15 is 0 Å². The number of benzene rings is 3. The molecule has 0 aliphatic carbocycles. The summed E-state index contributed by atoms with van der Waals surface area (Å²) < 4.78 is 0. The second kappa shape index (κ2) is 11.1. The second-order valence-electron chi connectivity index (χ2n) is 8.46. The Bertz CT molecular complexity index is 1090. The van der Waals surface area contributed by atoms with E-state index in [1.54, 1.807) is 11.9 Å². The molecule has 0 aromatic heterocycles. The number of nitrogens with zero attached hydrogens (tertiary/aromatic N) is 1. The fourth-order valence-electron chi connectivity index (χ4n) is 3.97. The number of nitrogens with one attached hydrogen (secondary N) is 2. The minimum absolute atomic E-state index is 0.0935. The third-order valence-corrected chi connectivity index (χ3v) is 5.66. The van der Waals surface area contributed by atoms with Gasteiger partial charge >= 0.3 is 0 Å². The average Bonchev–Trinajstić information content (AvgIpc) is 2.76. The van der Waals surface area contributed by atoms with Crippen LogP contribution in [0.1, 0.15) is 33.9 Å². The molecule has 33 heavy (non-hydrogen) atoms. The summed E-state index contributed by atoms with van der Waals surface area (Å²) in [6.45, 7) is 6.19. The molecule has 1 atom stereocenters. The molecule has 0 bridgehead atoms. The number of carbonyl (C=O) groups is 2. The number of likely N-dealkylation sites (N-methyl/N-ethyl adjacent to an activating group) is 1. The van der Waals surface area contributed by atoms with Crippen molar-refractivity contribution < 1.29 is 9.59 Å². The van der Waals surface area contributed by atoms with Crippen molar-refractivity contribution in [3.63, 3.8) is 0 Å². The van der Waals surface area contributed by atoms with Gasteiger partial charge in [0.15, 0.2) is 0 Å². The predicted molar refractivity (Wildman–Crippen MR) is 135 cm³/mol. The van der Waals surface area contributed by atoms with Crippen molar-refractivity contribution in [1.29, 1.82) is 0 Å². The molecule has 172 valence electrons. The zero-order chi connectivity index (χ0) is 24.0. The van der Waals surface area contributed by atoms with Crippen LogP contribution in [0.2, 0.25) is 5.02 Å². The van der Waals surface area contributed by atoms with Crippen LogP contribution in [0.4, 0.5) is 5.69 Å². The first-order valence-corrected chi connectivity index (χ1v) is 11.3. The SMILES string of the molecule is Cc1cc(C)c(NC(=O)CN(C)CC(=O)N[C@H](c2ccccc2)c2ccc(Cl)cc2)c(C)c1. The van der Waals surface area contributed by atoms with Gasteiger partial charge in [0, 0.05) is 10.7 Å². The molecule has 5 nitrogen and oxygen atoms in total. The zero-order valence-electron chi connectivity index (χ0n) is 19.5. The first-order chi connectivity index (χ1) is 15.7. The quantitative estimate of drug-likeness (QED) is 0.492. The van der Waals surface area contributed by atoms with Crippen molar-refractivity contribution in [2.24, 2.45) is 0 Å². The molecule has 0 saturated carbocycles. The smallest absolute Gasteiger partial charge is 0.238 e. The van der Waals surface area contributed by atoms with Crippen LogP contribution in [0, 0.1) is 20.8 Å². The summed E-state index contributed by atoms with van der Waals surface area (Å²) in [5, 5.41) is 6.72. The number of carbonyl (C=O) groups excluding carboxylic acids is 2. The first kappa shape index (κ1) is 24.5. The Morgan fingerprint density at radius 1 is 0.848 bits per heavy atom. The van der Waals surface area contributed by atoms with Crippen molar-refractivity contribution in [3.05, 3.63) is 99.6 Å². The Kier molecular flexibility index (Phi) is 8.26. The van der Waals surface area contributed by atoms with Gasteiger partial charge in [-0.3, -0.25) is 14.5 Å². The Labute approximate surface area is 200 Å². The average molecular weight is 464 g/mol. The predicted octanol–water partition coefficient (Wildman–Crippen LogP) is 5.04.